The average molecular weight is 398 g/mol. The van der Waals surface area contributed by atoms with Gasteiger partial charge in [0.1, 0.15) is 5.69 Å². The zero-order chi connectivity index (χ0) is 20.8. The first kappa shape index (κ1) is 20.6. The molecule has 0 spiro atoms. The number of carbonyl (C=O) groups excluding carboxylic acids is 1. The third kappa shape index (κ3) is 5.68. The van der Waals surface area contributed by atoms with Gasteiger partial charge in [0.15, 0.2) is 0 Å². The summed E-state index contributed by atoms with van der Waals surface area (Å²) < 4.78 is 5.21. The lowest BCUT2D eigenvalue weighted by atomic mass is 10.2. The molecule has 2 aromatic carbocycles. The Balaban J connectivity index is 1.61. The number of nitro benzene ring substituents is 1. The van der Waals surface area contributed by atoms with Gasteiger partial charge in [0.2, 0.25) is 0 Å². The molecule has 29 heavy (non-hydrogen) atoms. The van der Waals surface area contributed by atoms with Crippen molar-refractivity contribution in [1.82, 2.24) is 4.90 Å². The summed E-state index contributed by atoms with van der Waals surface area (Å²) in [5.41, 5.74) is 2.33. The van der Waals surface area contributed by atoms with Crippen molar-refractivity contribution in [2.75, 3.05) is 42.9 Å². The number of hydrogen-bond acceptors (Lipinski definition) is 7. The van der Waals surface area contributed by atoms with E-state index in [9.17, 15) is 14.9 Å². The monoisotopic (exact) mass is 398 g/mol. The predicted molar refractivity (Wildman–Crippen MR) is 113 cm³/mol. The number of piperazine rings is 1. The SMILES string of the molecule is CC(C)OC(=O)CN1CCN(c2cccc(Nc3ccccc3[N+](=O)[O-])c2)CC1. The molecule has 0 radical (unpaired) electrons. The second kappa shape index (κ2) is 9.38. The first-order valence-corrected chi connectivity index (χ1v) is 9.69. The van der Waals surface area contributed by atoms with Gasteiger partial charge in [-0.1, -0.05) is 18.2 Å². The van der Waals surface area contributed by atoms with Crippen molar-refractivity contribution in [1.29, 1.82) is 0 Å². The molecular formula is C21H26N4O4. The Morgan fingerprint density at radius 2 is 1.86 bits per heavy atom. The van der Waals surface area contributed by atoms with Crippen molar-refractivity contribution in [3.8, 4) is 0 Å². The molecule has 0 saturated carbocycles. The highest BCUT2D eigenvalue weighted by Gasteiger charge is 2.20. The van der Waals surface area contributed by atoms with Gasteiger partial charge in [0.05, 0.1) is 17.6 Å². The molecule has 0 aliphatic carbocycles. The number of para-hydroxylation sites is 2. The third-order valence-corrected chi connectivity index (χ3v) is 4.68. The summed E-state index contributed by atoms with van der Waals surface area (Å²) in [5.74, 6) is -0.191. The largest absolute Gasteiger partial charge is 0.462 e. The van der Waals surface area contributed by atoms with Crippen molar-refractivity contribution < 1.29 is 14.5 Å². The standard InChI is InChI=1S/C21H26N4O4/c1-16(2)29-21(26)15-23-10-12-24(13-11-23)18-7-5-6-17(14-18)22-19-8-3-4-9-20(19)25(27)28/h3-9,14,16,22H,10-13,15H2,1-2H3. The van der Waals surface area contributed by atoms with E-state index in [-0.39, 0.29) is 17.8 Å². The number of ether oxygens (including phenoxy) is 1. The third-order valence-electron chi connectivity index (χ3n) is 4.68. The molecule has 1 fully saturated rings. The maximum absolute atomic E-state index is 11.8. The summed E-state index contributed by atoms with van der Waals surface area (Å²) in [6.45, 7) is 7.14. The molecule has 1 aliphatic heterocycles. The minimum absolute atomic E-state index is 0.0415. The van der Waals surface area contributed by atoms with Crippen molar-refractivity contribution >= 4 is 28.7 Å². The maximum atomic E-state index is 11.8. The number of esters is 1. The normalized spacial score (nSPS) is 14.7. The highest BCUT2D eigenvalue weighted by molar-refractivity contribution is 5.72. The van der Waals surface area contributed by atoms with Gasteiger partial charge in [-0.15, -0.1) is 0 Å². The molecule has 1 heterocycles. The minimum atomic E-state index is -0.393. The zero-order valence-corrected chi connectivity index (χ0v) is 16.7. The molecule has 0 unspecified atom stereocenters. The van der Waals surface area contributed by atoms with Gasteiger partial charge < -0.3 is 15.0 Å². The molecule has 0 atom stereocenters. The van der Waals surface area contributed by atoms with Gasteiger partial charge in [-0.05, 0) is 38.1 Å². The topological polar surface area (TPSA) is 88.0 Å². The number of rotatable bonds is 7. The van der Waals surface area contributed by atoms with E-state index in [4.69, 9.17) is 4.74 Å². The number of carbonyl (C=O) groups is 1. The van der Waals surface area contributed by atoms with Gasteiger partial charge in [0.25, 0.3) is 5.69 Å². The average Bonchev–Trinajstić information content (AvgIpc) is 2.68. The van der Waals surface area contributed by atoms with Crippen LogP contribution in [0.1, 0.15) is 13.8 Å². The van der Waals surface area contributed by atoms with Crippen LogP contribution >= 0.6 is 0 Å². The van der Waals surface area contributed by atoms with Gasteiger partial charge >= 0.3 is 5.97 Å². The van der Waals surface area contributed by atoms with E-state index in [2.05, 4.69) is 15.1 Å². The molecule has 1 saturated heterocycles. The Hall–Kier alpha value is -3.13. The number of nitrogens with zero attached hydrogens (tertiary/aromatic N) is 3. The molecule has 8 nitrogen and oxygen atoms in total. The first-order valence-electron chi connectivity index (χ1n) is 9.69. The molecule has 154 valence electrons. The molecule has 0 aromatic heterocycles. The maximum Gasteiger partial charge on any atom is 0.320 e. The van der Waals surface area contributed by atoms with Crippen LogP contribution in [0.3, 0.4) is 0 Å². The molecule has 1 aliphatic rings. The van der Waals surface area contributed by atoms with E-state index in [0.29, 0.717) is 12.2 Å². The number of nitro groups is 1. The zero-order valence-electron chi connectivity index (χ0n) is 16.7. The molecule has 3 rings (SSSR count). The lowest BCUT2D eigenvalue weighted by Gasteiger charge is -2.35. The molecule has 0 bridgehead atoms. The summed E-state index contributed by atoms with van der Waals surface area (Å²) in [4.78, 5) is 27.0. The Bertz CT molecular complexity index is 863. The van der Waals surface area contributed by atoms with Crippen LogP contribution in [-0.2, 0) is 9.53 Å². The molecule has 8 heteroatoms. The second-order valence-electron chi connectivity index (χ2n) is 7.25. The summed E-state index contributed by atoms with van der Waals surface area (Å²) >= 11 is 0. The van der Waals surface area contributed by atoms with Crippen LogP contribution in [0.2, 0.25) is 0 Å². The first-order chi connectivity index (χ1) is 13.9. The number of benzene rings is 2. The van der Waals surface area contributed by atoms with Crippen LogP contribution in [0.25, 0.3) is 0 Å². The Morgan fingerprint density at radius 3 is 2.55 bits per heavy atom. The van der Waals surface area contributed by atoms with Crippen LogP contribution in [0, 0.1) is 10.1 Å². The Kier molecular flexibility index (Phi) is 6.66. The summed E-state index contributed by atoms with van der Waals surface area (Å²) in [6.07, 6.45) is -0.0977. The minimum Gasteiger partial charge on any atom is -0.462 e. The van der Waals surface area contributed by atoms with Gasteiger partial charge in [-0.2, -0.15) is 0 Å². The van der Waals surface area contributed by atoms with E-state index in [0.717, 1.165) is 37.6 Å². The van der Waals surface area contributed by atoms with E-state index < -0.39 is 4.92 Å². The van der Waals surface area contributed by atoms with Crippen LogP contribution in [0.5, 0.6) is 0 Å². The lowest BCUT2D eigenvalue weighted by Crippen LogP contribution is -2.48. The fourth-order valence-electron chi connectivity index (χ4n) is 3.32. The molecule has 2 aromatic rings. The van der Waals surface area contributed by atoms with Gasteiger partial charge in [-0.25, -0.2) is 0 Å². The van der Waals surface area contributed by atoms with Crippen LogP contribution in [0.15, 0.2) is 48.5 Å². The highest BCUT2D eigenvalue weighted by Crippen LogP contribution is 2.29. The summed E-state index contributed by atoms with van der Waals surface area (Å²) in [5, 5.41) is 14.4. The molecule has 0 amide bonds. The fraction of sp³-hybridized carbons (Fsp3) is 0.381. The van der Waals surface area contributed by atoms with Gasteiger partial charge in [0, 0.05) is 43.6 Å². The van der Waals surface area contributed by atoms with Crippen molar-refractivity contribution in [3.05, 3.63) is 58.6 Å². The van der Waals surface area contributed by atoms with Crippen LogP contribution < -0.4 is 10.2 Å². The quantitative estimate of drug-likeness (QED) is 0.434. The van der Waals surface area contributed by atoms with E-state index in [1.165, 1.54) is 6.07 Å². The van der Waals surface area contributed by atoms with Gasteiger partial charge in [-0.3, -0.25) is 19.8 Å². The Labute approximate surface area is 170 Å². The van der Waals surface area contributed by atoms with Crippen molar-refractivity contribution in [3.63, 3.8) is 0 Å². The van der Waals surface area contributed by atoms with Crippen molar-refractivity contribution in [2.24, 2.45) is 0 Å². The number of anilines is 3. The second-order valence-corrected chi connectivity index (χ2v) is 7.25. The van der Waals surface area contributed by atoms with Crippen molar-refractivity contribution in [2.45, 2.75) is 20.0 Å². The molecule has 1 N–H and O–H groups in total. The van der Waals surface area contributed by atoms with Crippen LogP contribution in [-0.4, -0.2) is 54.6 Å². The fourth-order valence-corrected chi connectivity index (χ4v) is 3.32. The van der Waals surface area contributed by atoms with E-state index in [1.807, 2.05) is 38.1 Å². The molecular weight excluding hydrogens is 372 g/mol. The number of nitrogens with one attached hydrogen (secondary N) is 1. The summed E-state index contributed by atoms with van der Waals surface area (Å²) in [7, 11) is 0. The number of hydrogen-bond donors (Lipinski definition) is 1. The highest BCUT2D eigenvalue weighted by atomic mass is 16.6. The van der Waals surface area contributed by atoms with E-state index in [1.54, 1.807) is 18.2 Å². The van der Waals surface area contributed by atoms with E-state index >= 15 is 0 Å². The smallest absolute Gasteiger partial charge is 0.320 e. The van der Waals surface area contributed by atoms with Crippen LogP contribution in [0.4, 0.5) is 22.7 Å². The lowest BCUT2D eigenvalue weighted by molar-refractivity contribution is -0.383. The Morgan fingerprint density at radius 1 is 1.14 bits per heavy atom. The predicted octanol–water partition coefficient (Wildman–Crippen LogP) is 3.41. The summed E-state index contributed by atoms with van der Waals surface area (Å²) in [6, 6.07) is 14.4.